The van der Waals surface area contributed by atoms with Gasteiger partial charge in [-0.2, -0.15) is 5.10 Å². The van der Waals surface area contributed by atoms with E-state index >= 15 is 0 Å². The van der Waals surface area contributed by atoms with Crippen LogP contribution < -0.4 is 29.2 Å². The fourth-order valence-electron chi connectivity index (χ4n) is 6.00. The number of fused-ring (bicyclic) bond motifs is 5. The van der Waals surface area contributed by atoms with Gasteiger partial charge in [0.25, 0.3) is 0 Å². The minimum atomic E-state index is -0.306. The average molecular weight is 585 g/mol. The van der Waals surface area contributed by atoms with Crippen LogP contribution in [0.25, 0.3) is 5.69 Å². The Kier molecular flexibility index (Phi) is 6.00. The van der Waals surface area contributed by atoms with E-state index in [0.29, 0.717) is 34.7 Å². The zero-order valence-electron chi connectivity index (χ0n) is 24.3. The lowest BCUT2D eigenvalue weighted by Crippen LogP contribution is -2.46. The molecule has 3 aliphatic heterocycles. The van der Waals surface area contributed by atoms with E-state index in [4.69, 9.17) is 34.0 Å². The molecular weight excluding hydrogens is 556 g/mol. The monoisotopic (exact) mass is 584 g/mol. The molecular formula is C34H28N6O4. The average Bonchev–Trinajstić information content (AvgIpc) is 3.67. The summed E-state index contributed by atoms with van der Waals surface area (Å²) in [7, 11) is 3.29. The summed E-state index contributed by atoms with van der Waals surface area (Å²) in [5.41, 5.74) is 6.32. The molecule has 0 saturated heterocycles. The van der Waals surface area contributed by atoms with Gasteiger partial charge < -0.3 is 29.2 Å². The fourth-order valence-corrected chi connectivity index (χ4v) is 6.00. The van der Waals surface area contributed by atoms with Gasteiger partial charge >= 0.3 is 0 Å². The lowest BCUT2D eigenvalue weighted by atomic mass is 9.93. The standard InChI is InChI=1S/C34H28N6O4/c1-20-30-31(21-13-15-26(41-2)28(17-21)42-3)39-25-12-8-7-11-24(25)36-32(35-22-14-16-27-29(18-22)44-19-43-27)34(39)37-33(30)40(38-20)23-9-5-4-6-10-23/h4-18,31H,19H2,1-3H3,(H,35,36). The van der Waals surface area contributed by atoms with Crippen molar-refractivity contribution in [3.8, 4) is 28.7 Å². The Morgan fingerprint density at radius 3 is 2.45 bits per heavy atom. The fraction of sp³-hybridized carbons (Fsp3) is 0.147. The number of aromatic nitrogens is 2. The van der Waals surface area contributed by atoms with E-state index in [2.05, 4.69) is 22.3 Å². The highest BCUT2D eigenvalue weighted by Crippen LogP contribution is 2.49. The summed E-state index contributed by atoms with van der Waals surface area (Å²) in [6.45, 7) is 2.23. The van der Waals surface area contributed by atoms with Crippen LogP contribution in [0, 0.1) is 6.92 Å². The number of aliphatic imine (C=N–C) groups is 2. The van der Waals surface area contributed by atoms with E-state index in [9.17, 15) is 0 Å². The number of methoxy groups -OCH3 is 2. The van der Waals surface area contributed by atoms with Gasteiger partial charge in [0.2, 0.25) is 6.79 Å². The van der Waals surface area contributed by atoms with E-state index in [-0.39, 0.29) is 12.8 Å². The Morgan fingerprint density at radius 2 is 1.61 bits per heavy atom. The van der Waals surface area contributed by atoms with Crippen LogP contribution in [0.4, 0.5) is 22.9 Å². The number of hydrogen-bond donors (Lipinski definition) is 1. The Bertz CT molecular complexity index is 1980. The van der Waals surface area contributed by atoms with Crippen molar-refractivity contribution in [2.45, 2.75) is 13.0 Å². The molecule has 0 radical (unpaired) electrons. The van der Waals surface area contributed by atoms with Crippen molar-refractivity contribution in [2.24, 2.45) is 9.98 Å². The second-order valence-electron chi connectivity index (χ2n) is 10.5. The van der Waals surface area contributed by atoms with Crippen LogP contribution in [0.2, 0.25) is 0 Å². The minimum Gasteiger partial charge on any atom is -0.493 e. The molecule has 0 aliphatic carbocycles. The molecule has 1 aromatic heterocycles. The van der Waals surface area contributed by atoms with Gasteiger partial charge in [0, 0.05) is 17.3 Å². The van der Waals surface area contributed by atoms with Crippen molar-refractivity contribution < 1.29 is 18.9 Å². The first-order chi connectivity index (χ1) is 21.6. The van der Waals surface area contributed by atoms with Crippen LogP contribution in [0.15, 0.2) is 101 Å². The second-order valence-corrected chi connectivity index (χ2v) is 10.5. The van der Waals surface area contributed by atoms with Gasteiger partial charge in [0.15, 0.2) is 40.5 Å². The molecule has 4 heterocycles. The smallest absolute Gasteiger partial charge is 0.231 e. The maximum atomic E-state index is 5.75. The number of amidine groups is 2. The third kappa shape index (κ3) is 4.06. The van der Waals surface area contributed by atoms with Crippen molar-refractivity contribution in [3.63, 3.8) is 0 Å². The third-order valence-corrected chi connectivity index (χ3v) is 8.00. The van der Waals surface area contributed by atoms with Gasteiger partial charge in [-0.3, -0.25) is 0 Å². The largest absolute Gasteiger partial charge is 0.493 e. The summed E-state index contributed by atoms with van der Waals surface area (Å²) in [4.78, 5) is 12.6. The Balaban J connectivity index is 1.36. The van der Waals surface area contributed by atoms with Crippen molar-refractivity contribution in [2.75, 3.05) is 31.2 Å². The predicted octanol–water partition coefficient (Wildman–Crippen LogP) is 6.72. The van der Waals surface area contributed by atoms with E-state index in [1.165, 1.54) is 0 Å². The topological polar surface area (TPSA) is 94.7 Å². The molecule has 0 bridgehead atoms. The molecule has 10 nitrogen and oxygen atoms in total. The molecule has 44 heavy (non-hydrogen) atoms. The van der Waals surface area contributed by atoms with Gasteiger partial charge in [0.05, 0.1) is 43.0 Å². The SMILES string of the molecule is COc1ccc(C2c3c(C)nn(-c4ccccc4)c3N=C3C(Nc4ccc5c(c4)OCO5)=Nc4ccccc4N32)cc1OC. The van der Waals surface area contributed by atoms with Crippen molar-refractivity contribution >= 4 is 34.6 Å². The van der Waals surface area contributed by atoms with Crippen molar-refractivity contribution in [3.05, 3.63) is 108 Å². The van der Waals surface area contributed by atoms with Crippen LogP contribution in [0.5, 0.6) is 23.0 Å². The summed E-state index contributed by atoms with van der Waals surface area (Å²) in [6.07, 6.45) is 0. The molecule has 5 aromatic rings. The molecule has 1 atom stereocenters. The predicted molar refractivity (Wildman–Crippen MR) is 169 cm³/mol. The summed E-state index contributed by atoms with van der Waals surface area (Å²) >= 11 is 0. The quantitative estimate of drug-likeness (QED) is 0.245. The minimum absolute atomic E-state index is 0.201. The number of nitrogens with zero attached hydrogens (tertiary/aromatic N) is 5. The number of rotatable bonds is 5. The molecule has 1 N–H and O–H groups in total. The highest BCUT2D eigenvalue weighted by atomic mass is 16.7. The van der Waals surface area contributed by atoms with E-state index in [1.54, 1.807) is 14.2 Å². The van der Waals surface area contributed by atoms with Crippen LogP contribution in [0.3, 0.4) is 0 Å². The first-order valence-corrected chi connectivity index (χ1v) is 14.2. The normalized spacial score (nSPS) is 15.9. The molecule has 10 heteroatoms. The molecule has 0 amide bonds. The first-order valence-electron chi connectivity index (χ1n) is 14.2. The summed E-state index contributed by atoms with van der Waals surface area (Å²) in [6, 6.07) is 29.6. The van der Waals surface area contributed by atoms with E-state index in [0.717, 1.165) is 45.4 Å². The van der Waals surface area contributed by atoms with Crippen LogP contribution in [-0.4, -0.2) is 42.5 Å². The number of benzene rings is 4. The molecule has 3 aliphatic rings. The molecule has 4 aromatic carbocycles. The Labute approximate surface area is 253 Å². The molecule has 0 spiro atoms. The summed E-state index contributed by atoms with van der Waals surface area (Å²) in [5, 5.41) is 8.54. The number of hydrogen-bond acceptors (Lipinski definition) is 9. The molecule has 8 rings (SSSR count). The summed E-state index contributed by atoms with van der Waals surface area (Å²) in [5.74, 6) is 4.67. The van der Waals surface area contributed by atoms with Crippen LogP contribution in [-0.2, 0) is 0 Å². The first kappa shape index (κ1) is 25.9. The maximum absolute atomic E-state index is 5.75. The van der Waals surface area contributed by atoms with Gasteiger partial charge in [-0.1, -0.05) is 36.4 Å². The van der Waals surface area contributed by atoms with E-state index in [1.807, 2.05) is 90.5 Å². The van der Waals surface area contributed by atoms with Gasteiger partial charge in [0.1, 0.15) is 0 Å². The molecule has 0 fully saturated rings. The molecule has 1 unspecified atom stereocenters. The van der Waals surface area contributed by atoms with Crippen LogP contribution in [0.1, 0.15) is 22.9 Å². The van der Waals surface area contributed by atoms with Gasteiger partial charge in [-0.05, 0) is 61.0 Å². The highest BCUT2D eigenvalue weighted by Gasteiger charge is 2.41. The lowest BCUT2D eigenvalue weighted by molar-refractivity contribution is 0.174. The number of nitrogens with one attached hydrogen (secondary N) is 1. The molecule has 0 saturated carbocycles. The number of anilines is 2. The number of ether oxygens (including phenoxy) is 4. The maximum Gasteiger partial charge on any atom is 0.231 e. The Hall–Kier alpha value is -5.77. The lowest BCUT2D eigenvalue weighted by Gasteiger charge is -2.40. The zero-order chi connectivity index (χ0) is 29.8. The number of para-hydroxylation sites is 3. The Morgan fingerprint density at radius 1 is 0.818 bits per heavy atom. The van der Waals surface area contributed by atoms with Crippen molar-refractivity contribution in [1.29, 1.82) is 0 Å². The zero-order valence-corrected chi connectivity index (χ0v) is 24.3. The number of aryl methyl sites for hydroxylation is 1. The molecule has 218 valence electrons. The summed E-state index contributed by atoms with van der Waals surface area (Å²) < 4.78 is 24.4. The van der Waals surface area contributed by atoms with Crippen LogP contribution >= 0.6 is 0 Å². The second kappa shape index (κ2) is 10.2. The van der Waals surface area contributed by atoms with Crippen molar-refractivity contribution in [1.82, 2.24) is 9.78 Å². The van der Waals surface area contributed by atoms with Gasteiger partial charge in [-0.15, -0.1) is 0 Å². The van der Waals surface area contributed by atoms with Gasteiger partial charge in [-0.25, -0.2) is 14.7 Å². The van der Waals surface area contributed by atoms with E-state index < -0.39 is 0 Å². The third-order valence-electron chi connectivity index (χ3n) is 8.00. The highest BCUT2D eigenvalue weighted by molar-refractivity contribution is 6.51.